The third kappa shape index (κ3) is 3.82. The Morgan fingerprint density at radius 1 is 0.667 bits per heavy atom. The van der Waals surface area contributed by atoms with Crippen LogP contribution < -0.4 is 10.4 Å². The summed E-state index contributed by atoms with van der Waals surface area (Å²) in [4.78, 5) is 0. The summed E-state index contributed by atoms with van der Waals surface area (Å²) in [5, 5.41) is 3.24. The lowest BCUT2D eigenvalue weighted by Crippen LogP contribution is -2.46. The molecule has 0 amide bonds. The Bertz CT molecular complexity index is 347. The summed E-state index contributed by atoms with van der Waals surface area (Å²) >= 11 is 0. The van der Waals surface area contributed by atoms with Gasteiger partial charge in [0.1, 0.15) is 0 Å². The Morgan fingerprint density at radius 3 is 1.22 bits per heavy atom. The molecule has 0 fully saturated rings. The van der Waals surface area contributed by atoms with Gasteiger partial charge < -0.3 is 0 Å². The summed E-state index contributed by atoms with van der Waals surface area (Å²) in [5.74, 6) is 0. The van der Waals surface area contributed by atoms with E-state index < -0.39 is 16.1 Å². The maximum Gasteiger partial charge on any atom is 0.0776 e. The second-order valence-electron chi connectivity index (χ2n) is 8.55. The van der Waals surface area contributed by atoms with E-state index in [1.54, 1.807) is 10.4 Å². The molecule has 0 unspecified atom stereocenters. The topological polar surface area (TPSA) is 0 Å². The van der Waals surface area contributed by atoms with Gasteiger partial charge >= 0.3 is 0 Å². The third-order valence-electron chi connectivity index (χ3n) is 3.53. The molecule has 0 saturated heterocycles. The highest BCUT2D eigenvalue weighted by molar-refractivity contribution is 6.91. The summed E-state index contributed by atoms with van der Waals surface area (Å²) in [6.07, 6.45) is 0. The molecule has 0 radical (unpaired) electrons. The molecule has 0 atom stereocenters. The van der Waals surface area contributed by atoms with E-state index in [0.29, 0.717) is 0 Å². The van der Waals surface area contributed by atoms with Crippen molar-refractivity contribution in [3.8, 4) is 0 Å². The average Bonchev–Trinajstić information content (AvgIpc) is 2.13. The first kappa shape index (κ1) is 15.7. The molecule has 0 heterocycles. The van der Waals surface area contributed by atoms with Crippen molar-refractivity contribution in [2.75, 3.05) is 0 Å². The van der Waals surface area contributed by atoms with Gasteiger partial charge in [0, 0.05) is 0 Å². The smallest absolute Gasteiger partial charge is 0.0656 e. The monoisotopic (exact) mass is 278 g/mol. The Labute approximate surface area is 116 Å². The Morgan fingerprint density at radius 2 is 1.00 bits per heavy atom. The average molecular weight is 279 g/mol. The first-order valence-corrected chi connectivity index (χ1v) is 14.0. The van der Waals surface area contributed by atoms with Crippen molar-refractivity contribution >= 4 is 26.5 Å². The van der Waals surface area contributed by atoms with Crippen LogP contribution in [-0.4, -0.2) is 16.1 Å². The van der Waals surface area contributed by atoms with E-state index in [1.165, 1.54) is 5.56 Å². The van der Waals surface area contributed by atoms with E-state index in [0.717, 1.165) is 0 Å². The second-order valence-corrected chi connectivity index (χ2v) is 18.7. The zero-order chi connectivity index (χ0) is 14.4. The van der Waals surface area contributed by atoms with Gasteiger partial charge in [-0.25, -0.2) is 0 Å². The quantitative estimate of drug-likeness (QED) is 0.715. The van der Waals surface area contributed by atoms with Crippen LogP contribution in [0.2, 0.25) is 39.3 Å². The highest BCUT2D eigenvalue weighted by Gasteiger charge is 2.25. The van der Waals surface area contributed by atoms with Crippen LogP contribution >= 0.6 is 0 Å². The fourth-order valence-corrected chi connectivity index (χ4v) is 4.43. The molecule has 18 heavy (non-hydrogen) atoms. The van der Waals surface area contributed by atoms with Crippen molar-refractivity contribution < 1.29 is 0 Å². The van der Waals surface area contributed by atoms with E-state index in [9.17, 15) is 0 Å². The minimum absolute atomic E-state index is 0.254. The van der Waals surface area contributed by atoms with Crippen LogP contribution in [0.4, 0.5) is 0 Å². The third-order valence-corrected chi connectivity index (χ3v) is 7.57. The zero-order valence-electron chi connectivity index (χ0n) is 13.7. The second kappa shape index (κ2) is 4.64. The van der Waals surface area contributed by atoms with Crippen LogP contribution in [0, 0.1) is 0 Å². The molecule has 0 bridgehead atoms. The van der Waals surface area contributed by atoms with Gasteiger partial charge in [-0.05, 0) is 11.0 Å². The van der Waals surface area contributed by atoms with Crippen LogP contribution in [0.3, 0.4) is 0 Å². The molecule has 0 saturated carbocycles. The van der Waals surface area contributed by atoms with Gasteiger partial charge in [0.25, 0.3) is 0 Å². The fraction of sp³-hybridized carbons (Fsp3) is 0.625. The molecular weight excluding hydrogens is 248 g/mol. The number of hydrogen-bond acceptors (Lipinski definition) is 0. The van der Waals surface area contributed by atoms with Crippen LogP contribution in [0.15, 0.2) is 18.2 Å². The molecular formula is C16H30Si2. The predicted octanol–water partition coefficient (Wildman–Crippen LogP) is 4.07. The van der Waals surface area contributed by atoms with Crippen LogP contribution in [-0.2, 0) is 5.41 Å². The fourth-order valence-electron chi connectivity index (χ4n) is 1.93. The molecule has 0 N–H and O–H groups in total. The molecule has 102 valence electrons. The number of benzene rings is 1. The predicted molar refractivity (Wildman–Crippen MR) is 91.1 cm³/mol. The van der Waals surface area contributed by atoms with Gasteiger partial charge in [0.2, 0.25) is 0 Å². The summed E-state index contributed by atoms with van der Waals surface area (Å²) in [7, 11) is -2.46. The van der Waals surface area contributed by atoms with E-state index >= 15 is 0 Å². The molecule has 0 aliphatic carbocycles. The molecule has 1 aromatic carbocycles. The van der Waals surface area contributed by atoms with Gasteiger partial charge in [-0.2, -0.15) is 0 Å². The van der Waals surface area contributed by atoms with Crippen molar-refractivity contribution in [3.63, 3.8) is 0 Å². The van der Waals surface area contributed by atoms with Crippen LogP contribution in [0.5, 0.6) is 0 Å². The molecule has 0 aromatic heterocycles. The standard InChI is InChI=1S/C16H30Si2/c1-16(2,3)13-10-14(17(4,5)6)12-15(11-13)18(7,8)9/h10-12H,1-9H3. The highest BCUT2D eigenvalue weighted by Crippen LogP contribution is 2.22. The van der Waals surface area contributed by atoms with Crippen LogP contribution in [0.1, 0.15) is 26.3 Å². The SMILES string of the molecule is CC(C)(C)c1cc([Si](C)(C)C)cc([Si](C)(C)C)c1. The molecule has 0 nitrogen and oxygen atoms in total. The summed E-state index contributed by atoms with van der Waals surface area (Å²) in [6.45, 7) is 21.7. The minimum atomic E-state index is -1.23. The van der Waals surface area contributed by atoms with Crippen molar-refractivity contribution in [2.45, 2.75) is 65.5 Å². The number of rotatable bonds is 2. The summed E-state index contributed by atoms with van der Waals surface area (Å²) < 4.78 is 0. The maximum atomic E-state index is 2.51. The van der Waals surface area contributed by atoms with E-state index in [-0.39, 0.29) is 5.41 Å². The molecule has 2 heteroatoms. The lowest BCUT2D eigenvalue weighted by molar-refractivity contribution is 0.591. The van der Waals surface area contributed by atoms with Gasteiger partial charge in [0.15, 0.2) is 0 Å². The van der Waals surface area contributed by atoms with Crippen molar-refractivity contribution in [1.29, 1.82) is 0 Å². The van der Waals surface area contributed by atoms with Gasteiger partial charge in [-0.15, -0.1) is 0 Å². The first-order chi connectivity index (χ1) is 7.82. The molecule has 0 aliphatic rings. The van der Waals surface area contributed by atoms with Gasteiger partial charge in [0.05, 0.1) is 16.1 Å². The van der Waals surface area contributed by atoms with Crippen molar-refractivity contribution in [2.24, 2.45) is 0 Å². The lowest BCUT2D eigenvalue weighted by atomic mass is 9.87. The Kier molecular flexibility index (Phi) is 4.05. The van der Waals surface area contributed by atoms with E-state index in [2.05, 4.69) is 78.3 Å². The first-order valence-electron chi connectivity index (χ1n) is 6.98. The minimum Gasteiger partial charge on any atom is -0.0656 e. The molecule has 0 spiro atoms. The molecule has 0 aliphatic heterocycles. The van der Waals surface area contributed by atoms with Crippen molar-refractivity contribution in [3.05, 3.63) is 23.8 Å². The largest absolute Gasteiger partial charge is 0.0776 e. The lowest BCUT2D eigenvalue weighted by Gasteiger charge is -2.28. The maximum absolute atomic E-state index is 2.51. The van der Waals surface area contributed by atoms with Crippen LogP contribution in [0.25, 0.3) is 0 Å². The summed E-state index contributed by atoms with van der Waals surface area (Å²) in [6, 6.07) is 7.44. The summed E-state index contributed by atoms with van der Waals surface area (Å²) in [5.41, 5.74) is 1.77. The highest BCUT2D eigenvalue weighted by atomic mass is 28.3. The Hall–Kier alpha value is -0.346. The molecule has 1 rings (SSSR count). The normalized spacial score (nSPS) is 13.8. The van der Waals surface area contributed by atoms with Gasteiger partial charge in [-0.1, -0.05) is 88.6 Å². The van der Waals surface area contributed by atoms with Crippen molar-refractivity contribution in [1.82, 2.24) is 0 Å². The van der Waals surface area contributed by atoms with Gasteiger partial charge in [-0.3, -0.25) is 0 Å². The van der Waals surface area contributed by atoms with E-state index in [4.69, 9.17) is 0 Å². The molecule has 1 aromatic rings. The van der Waals surface area contributed by atoms with E-state index in [1.807, 2.05) is 0 Å². The number of hydrogen-bond donors (Lipinski definition) is 0. The zero-order valence-corrected chi connectivity index (χ0v) is 15.7. The Balaban J connectivity index is 3.49.